The molecule has 142 valence electrons. The third-order valence-electron chi connectivity index (χ3n) is 5.86. The van der Waals surface area contributed by atoms with Gasteiger partial charge in [-0.1, -0.05) is 12.1 Å². The van der Waals surface area contributed by atoms with Gasteiger partial charge < -0.3 is 14.4 Å². The van der Waals surface area contributed by atoms with Crippen LogP contribution in [0.15, 0.2) is 18.2 Å². The third kappa shape index (κ3) is 3.67. The first-order valence-electron chi connectivity index (χ1n) is 9.65. The number of carbonyl (C=O) groups is 1. The van der Waals surface area contributed by atoms with Gasteiger partial charge in [0.15, 0.2) is 11.5 Å². The number of piperazine rings is 1. The van der Waals surface area contributed by atoms with Crippen LogP contribution in [0.1, 0.15) is 18.4 Å². The molecule has 0 unspecified atom stereocenters. The highest BCUT2D eigenvalue weighted by molar-refractivity contribution is 7.99. The van der Waals surface area contributed by atoms with Crippen molar-refractivity contribution < 1.29 is 14.3 Å². The van der Waals surface area contributed by atoms with Crippen molar-refractivity contribution in [1.82, 2.24) is 9.80 Å². The Kier molecular flexibility index (Phi) is 5.60. The predicted octanol–water partition coefficient (Wildman–Crippen LogP) is 2.29. The minimum Gasteiger partial charge on any atom is -0.493 e. The van der Waals surface area contributed by atoms with Crippen molar-refractivity contribution in [2.45, 2.75) is 25.3 Å². The monoisotopic (exact) mass is 376 g/mol. The fraction of sp³-hybridized carbons (Fsp3) is 0.650. The molecule has 3 aliphatic heterocycles. The van der Waals surface area contributed by atoms with Crippen LogP contribution in [0.3, 0.4) is 0 Å². The Morgan fingerprint density at radius 3 is 2.69 bits per heavy atom. The largest absolute Gasteiger partial charge is 0.493 e. The van der Waals surface area contributed by atoms with Crippen molar-refractivity contribution >= 4 is 17.7 Å². The highest BCUT2D eigenvalue weighted by Crippen LogP contribution is 2.36. The first-order chi connectivity index (χ1) is 12.8. The predicted molar refractivity (Wildman–Crippen MR) is 104 cm³/mol. The van der Waals surface area contributed by atoms with Gasteiger partial charge in [0.25, 0.3) is 0 Å². The van der Waals surface area contributed by atoms with Crippen LogP contribution in [0.2, 0.25) is 0 Å². The second-order valence-electron chi connectivity index (χ2n) is 7.37. The number of hydrogen-bond donors (Lipinski definition) is 0. The third-order valence-corrected chi connectivity index (χ3v) is 6.91. The van der Waals surface area contributed by atoms with E-state index in [-0.39, 0.29) is 11.8 Å². The fourth-order valence-corrected chi connectivity index (χ4v) is 5.41. The van der Waals surface area contributed by atoms with E-state index in [4.69, 9.17) is 9.47 Å². The van der Waals surface area contributed by atoms with Crippen LogP contribution in [0.25, 0.3) is 0 Å². The zero-order chi connectivity index (χ0) is 17.9. The van der Waals surface area contributed by atoms with Crippen molar-refractivity contribution in [1.29, 1.82) is 0 Å². The molecule has 2 saturated heterocycles. The molecule has 6 heteroatoms. The highest BCUT2D eigenvalue weighted by Gasteiger charge is 2.33. The Morgan fingerprint density at radius 2 is 1.96 bits per heavy atom. The van der Waals surface area contributed by atoms with Gasteiger partial charge in [-0.3, -0.25) is 9.69 Å². The fourth-order valence-electron chi connectivity index (χ4n) is 4.33. The lowest BCUT2D eigenvalue weighted by Gasteiger charge is -2.41. The minimum atomic E-state index is -0.0766. The van der Waals surface area contributed by atoms with Crippen molar-refractivity contribution in [3.8, 4) is 11.5 Å². The number of fused-ring (bicyclic) bond motifs is 1. The van der Waals surface area contributed by atoms with Crippen LogP contribution in [0.5, 0.6) is 11.5 Å². The topological polar surface area (TPSA) is 42.0 Å². The van der Waals surface area contributed by atoms with Crippen LogP contribution in [0, 0.1) is 5.92 Å². The number of methoxy groups -OCH3 is 1. The van der Waals surface area contributed by atoms with Gasteiger partial charge in [0, 0.05) is 32.2 Å². The van der Waals surface area contributed by atoms with Crippen molar-refractivity contribution in [3.63, 3.8) is 0 Å². The van der Waals surface area contributed by atoms with Gasteiger partial charge in [-0.2, -0.15) is 11.8 Å². The number of amides is 1. The Morgan fingerprint density at radius 1 is 1.19 bits per heavy atom. The van der Waals surface area contributed by atoms with E-state index >= 15 is 0 Å². The smallest absolute Gasteiger partial charge is 0.229 e. The first-order valence-corrected chi connectivity index (χ1v) is 10.8. The summed E-state index contributed by atoms with van der Waals surface area (Å²) in [6.07, 6.45) is 3.34. The molecule has 0 aliphatic carbocycles. The number of hydrogen-bond acceptors (Lipinski definition) is 5. The first kappa shape index (κ1) is 18.0. The Balaban J connectivity index is 1.34. The van der Waals surface area contributed by atoms with Crippen molar-refractivity contribution in [2.75, 3.05) is 51.4 Å². The second-order valence-corrected chi connectivity index (χ2v) is 8.59. The van der Waals surface area contributed by atoms with Crippen LogP contribution in [-0.2, 0) is 11.2 Å². The van der Waals surface area contributed by atoms with Gasteiger partial charge in [-0.15, -0.1) is 0 Å². The molecule has 0 aromatic heterocycles. The van der Waals surface area contributed by atoms with Gasteiger partial charge >= 0.3 is 0 Å². The molecule has 1 aromatic carbocycles. The average molecular weight is 377 g/mol. The normalized spacial score (nSPS) is 24.7. The molecule has 0 bridgehead atoms. The van der Waals surface area contributed by atoms with E-state index in [1.807, 2.05) is 23.1 Å². The van der Waals surface area contributed by atoms with Gasteiger partial charge in [-0.05, 0) is 42.4 Å². The van der Waals surface area contributed by atoms with E-state index in [9.17, 15) is 4.79 Å². The molecule has 1 aromatic rings. The van der Waals surface area contributed by atoms with Gasteiger partial charge in [0.1, 0.15) is 6.61 Å². The number of ether oxygens (including phenoxy) is 2. The SMILES string of the molecule is COc1cccc2c1OC[C@H](C(=O)N1CCN(C3CCSCC3)CC1)C2. The van der Waals surface area contributed by atoms with E-state index < -0.39 is 0 Å². The Bertz CT molecular complexity index is 640. The maximum atomic E-state index is 13.0. The van der Waals surface area contributed by atoms with Crippen LogP contribution < -0.4 is 9.47 Å². The lowest BCUT2D eigenvalue weighted by Crippen LogP contribution is -2.54. The maximum absolute atomic E-state index is 13.0. The molecule has 0 radical (unpaired) electrons. The van der Waals surface area contributed by atoms with Crippen LogP contribution >= 0.6 is 11.8 Å². The number of rotatable bonds is 3. The average Bonchev–Trinajstić information content (AvgIpc) is 2.73. The van der Waals surface area contributed by atoms with Crippen LogP contribution in [-0.4, -0.2) is 73.2 Å². The van der Waals surface area contributed by atoms with E-state index in [1.54, 1.807) is 7.11 Å². The van der Waals surface area contributed by atoms with E-state index in [1.165, 1.54) is 24.3 Å². The Hall–Kier alpha value is -1.40. The quantitative estimate of drug-likeness (QED) is 0.810. The zero-order valence-corrected chi connectivity index (χ0v) is 16.3. The molecule has 0 saturated carbocycles. The molecular formula is C20H28N2O3S. The Labute approximate surface area is 160 Å². The lowest BCUT2D eigenvalue weighted by atomic mass is 9.95. The molecule has 3 heterocycles. The van der Waals surface area contributed by atoms with Crippen LogP contribution in [0.4, 0.5) is 0 Å². The lowest BCUT2D eigenvalue weighted by molar-refractivity contribution is -0.139. The minimum absolute atomic E-state index is 0.0766. The number of nitrogens with zero attached hydrogens (tertiary/aromatic N) is 2. The summed E-state index contributed by atoms with van der Waals surface area (Å²) in [5.74, 6) is 4.30. The summed E-state index contributed by atoms with van der Waals surface area (Å²) in [7, 11) is 1.65. The van der Waals surface area contributed by atoms with Crippen molar-refractivity contribution in [2.24, 2.45) is 5.92 Å². The summed E-state index contributed by atoms with van der Waals surface area (Å²) in [6, 6.07) is 6.64. The molecule has 2 fully saturated rings. The second kappa shape index (κ2) is 8.09. The summed E-state index contributed by atoms with van der Waals surface area (Å²) in [5.41, 5.74) is 1.08. The van der Waals surface area contributed by atoms with Gasteiger partial charge in [0.2, 0.25) is 5.91 Å². The van der Waals surface area contributed by atoms with E-state index in [0.29, 0.717) is 6.61 Å². The van der Waals surface area contributed by atoms with E-state index in [0.717, 1.165) is 55.7 Å². The standard InChI is InChI=1S/C20H28N2O3S/c1-24-18-4-2-3-15-13-16(14-25-19(15)18)20(23)22-9-7-21(8-10-22)17-5-11-26-12-6-17/h2-4,16-17H,5-14H2,1H3/t16-/m1/s1. The number of thioether (sulfide) groups is 1. The summed E-state index contributed by atoms with van der Waals surface area (Å²) >= 11 is 2.07. The molecule has 0 spiro atoms. The molecule has 26 heavy (non-hydrogen) atoms. The van der Waals surface area contributed by atoms with Gasteiger partial charge in [-0.25, -0.2) is 0 Å². The number of carbonyl (C=O) groups excluding carboxylic acids is 1. The highest BCUT2D eigenvalue weighted by atomic mass is 32.2. The van der Waals surface area contributed by atoms with E-state index in [2.05, 4.69) is 16.7 Å². The molecule has 1 amide bonds. The summed E-state index contributed by atoms with van der Waals surface area (Å²) in [6.45, 7) is 4.18. The van der Waals surface area contributed by atoms with Gasteiger partial charge in [0.05, 0.1) is 13.0 Å². The number of para-hydroxylation sites is 1. The van der Waals surface area contributed by atoms with Crippen molar-refractivity contribution in [3.05, 3.63) is 23.8 Å². The summed E-state index contributed by atoms with van der Waals surface area (Å²) in [5, 5.41) is 0. The molecule has 4 rings (SSSR count). The zero-order valence-electron chi connectivity index (χ0n) is 15.5. The molecule has 1 atom stereocenters. The maximum Gasteiger partial charge on any atom is 0.229 e. The molecule has 3 aliphatic rings. The summed E-state index contributed by atoms with van der Waals surface area (Å²) < 4.78 is 11.3. The number of benzene rings is 1. The molecular weight excluding hydrogens is 348 g/mol. The molecule has 0 N–H and O–H groups in total. The summed E-state index contributed by atoms with van der Waals surface area (Å²) in [4.78, 5) is 17.6. The molecule has 5 nitrogen and oxygen atoms in total.